The Balaban J connectivity index is 1.69. The summed E-state index contributed by atoms with van der Waals surface area (Å²) in [5, 5.41) is 5.44. The molecule has 1 aromatic carbocycles. The van der Waals surface area contributed by atoms with Crippen LogP contribution < -0.4 is 10.6 Å². The average Bonchev–Trinajstić information content (AvgIpc) is 2.89. The molecule has 0 spiro atoms. The molecule has 2 aliphatic rings. The molecule has 1 heterocycles. The van der Waals surface area contributed by atoms with Crippen molar-refractivity contribution in [3.8, 4) is 0 Å². The van der Waals surface area contributed by atoms with Crippen LogP contribution in [0.15, 0.2) is 18.2 Å². The Kier molecular flexibility index (Phi) is 5.58. The lowest BCUT2D eigenvalue weighted by molar-refractivity contribution is -0.142. The summed E-state index contributed by atoms with van der Waals surface area (Å²) in [5.41, 5.74) is 1.74. The van der Waals surface area contributed by atoms with Gasteiger partial charge in [0, 0.05) is 17.8 Å². The first kappa shape index (κ1) is 19.1. The lowest BCUT2D eigenvalue weighted by atomic mass is 9.81. The summed E-state index contributed by atoms with van der Waals surface area (Å²) in [6, 6.07) is 5.04. The smallest absolute Gasteiger partial charge is 0.251 e. The normalized spacial score (nSPS) is 21.8. The second-order valence-electron chi connectivity index (χ2n) is 7.20. The molecule has 1 aliphatic heterocycles. The van der Waals surface area contributed by atoms with Gasteiger partial charge in [-0.2, -0.15) is 0 Å². The number of carbonyl (C=O) groups excluding carboxylic acids is 4. The van der Waals surface area contributed by atoms with E-state index in [1.54, 1.807) is 18.2 Å². The van der Waals surface area contributed by atoms with Crippen molar-refractivity contribution >= 4 is 29.3 Å². The van der Waals surface area contributed by atoms with E-state index in [1.165, 1.54) is 0 Å². The predicted molar refractivity (Wildman–Crippen MR) is 100.0 cm³/mol. The highest BCUT2D eigenvalue weighted by Gasteiger charge is 2.48. The van der Waals surface area contributed by atoms with Gasteiger partial charge in [-0.05, 0) is 44.4 Å². The number of hydrogen-bond acceptors (Lipinski definition) is 4. The van der Waals surface area contributed by atoms with Crippen molar-refractivity contribution in [2.45, 2.75) is 39.5 Å². The van der Waals surface area contributed by atoms with E-state index in [1.807, 2.05) is 13.8 Å². The summed E-state index contributed by atoms with van der Waals surface area (Å²) in [5.74, 6) is -1.64. The van der Waals surface area contributed by atoms with Gasteiger partial charge >= 0.3 is 0 Å². The van der Waals surface area contributed by atoms with E-state index in [-0.39, 0.29) is 36.1 Å². The Labute approximate surface area is 158 Å². The highest BCUT2D eigenvalue weighted by Crippen LogP contribution is 2.37. The molecule has 27 heavy (non-hydrogen) atoms. The van der Waals surface area contributed by atoms with Crippen molar-refractivity contribution in [2.24, 2.45) is 11.8 Å². The highest BCUT2D eigenvalue weighted by atomic mass is 16.2. The van der Waals surface area contributed by atoms with E-state index in [2.05, 4.69) is 10.6 Å². The van der Waals surface area contributed by atoms with Crippen LogP contribution in [-0.2, 0) is 14.4 Å². The number of likely N-dealkylation sites (tertiary alicyclic amines) is 1. The van der Waals surface area contributed by atoms with Crippen molar-refractivity contribution in [1.82, 2.24) is 10.2 Å². The van der Waals surface area contributed by atoms with E-state index in [0.29, 0.717) is 17.8 Å². The molecule has 2 atom stereocenters. The third kappa shape index (κ3) is 3.86. The molecule has 0 aromatic heterocycles. The van der Waals surface area contributed by atoms with Crippen LogP contribution in [0.5, 0.6) is 0 Å². The molecule has 2 unspecified atom stereocenters. The van der Waals surface area contributed by atoms with Crippen molar-refractivity contribution in [1.29, 1.82) is 0 Å². The number of carbonyl (C=O) groups is 4. The molecule has 3 rings (SSSR count). The minimum absolute atomic E-state index is 0.220. The number of imide groups is 1. The molecule has 0 bridgehead atoms. The summed E-state index contributed by atoms with van der Waals surface area (Å²) in [6.45, 7) is 3.87. The van der Waals surface area contributed by atoms with Gasteiger partial charge in [0.05, 0.1) is 11.8 Å². The summed E-state index contributed by atoms with van der Waals surface area (Å²) in [6.07, 6.45) is 3.35. The number of fused-ring (bicyclic) bond motifs is 1. The lowest BCUT2D eigenvalue weighted by Gasteiger charge is -2.19. The Hall–Kier alpha value is -2.70. The maximum atomic E-state index is 12.5. The molecular weight excluding hydrogens is 346 g/mol. The third-order valence-electron chi connectivity index (χ3n) is 5.35. The summed E-state index contributed by atoms with van der Waals surface area (Å²) < 4.78 is 0. The number of nitrogens with one attached hydrogen (secondary N) is 2. The fraction of sp³-hybridized carbons (Fsp3) is 0.500. The van der Waals surface area contributed by atoms with Gasteiger partial charge < -0.3 is 10.6 Å². The molecule has 144 valence electrons. The van der Waals surface area contributed by atoms with Gasteiger partial charge in [-0.25, -0.2) is 0 Å². The molecule has 1 aromatic rings. The summed E-state index contributed by atoms with van der Waals surface area (Å²) in [7, 11) is 0. The number of nitrogens with zero attached hydrogens (tertiary/aromatic N) is 1. The lowest BCUT2D eigenvalue weighted by Crippen LogP contribution is -2.38. The number of benzene rings is 1. The maximum Gasteiger partial charge on any atom is 0.251 e. The average molecular weight is 371 g/mol. The molecule has 1 aliphatic carbocycles. The van der Waals surface area contributed by atoms with Crippen molar-refractivity contribution in [3.63, 3.8) is 0 Å². The van der Waals surface area contributed by atoms with E-state index in [9.17, 15) is 19.2 Å². The zero-order valence-electron chi connectivity index (χ0n) is 15.7. The monoisotopic (exact) mass is 371 g/mol. The van der Waals surface area contributed by atoms with Gasteiger partial charge in [0.15, 0.2) is 0 Å². The van der Waals surface area contributed by atoms with Gasteiger partial charge in [-0.15, -0.1) is 0 Å². The van der Waals surface area contributed by atoms with Crippen LogP contribution in [0.2, 0.25) is 0 Å². The number of hydrogen-bond donors (Lipinski definition) is 2. The van der Waals surface area contributed by atoms with Gasteiger partial charge in [-0.1, -0.05) is 18.9 Å². The minimum atomic E-state index is -0.438. The van der Waals surface area contributed by atoms with E-state index >= 15 is 0 Å². The molecule has 0 radical (unpaired) electrons. The summed E-state index contributed by atoms with van der Waals surface area (Å²) >= 11 is 0. The Morgan fingerprint density at radius 3 is 2.33 bits per heavy atom. The highest BCUT2D eigenvalue weighted by molar-refractivity contribution is 6.09. The first-order chi connectivity index (χ1) is 12.9. The standard InChI is InChI=1S/C20H25N3O4/c1-3-21-18(25)13-9-8-12(2)16(10-13)22-17(24)11-23-19(26)14-6-4-5-7-15(14)20(23)27/h8-10,14-15H,3-7,11H2,1-2H3,(H,21,25)(H,22,24). The van der Waals surface area contributed by atoms with Crippen LogP contribution in [0, 0.1) is 18.8 Å². The molecule has 7 nitrogen and oxygen atoms in total. The fourth-order valence-corrected chi connectivity index (χ4v) is 3.88. The Morgan fingerprint density at radius 2 is 1.74 bits per heavy atom. The van der Waals surface area contributed by atoms with Gasteiger partial charge in [0.25, 0.3) is 5.91 Å². The Morgan fingerprint density at radius 1 is 1.11 bits per heavy atom. The second kappa shape index (κ2) is 7.90. The topological polar surface area (TPSA) is 95.6 Å². The van der Waals surface area contributed by atoms with Crippen LogP contribution in [0.25, 0.3) is 0 Å². The molecule has 7 heteroatoms. The van der Waals surface area contributed by atoms with Crippen molar-refractivity contribution < 1.29 is 19.2 Å². The van der Waals surface area contributed by atoms with E-state index in [0.717, 1.165) is 36.1 Å². The van der Waals surface area contributed by atoms with Crippen LogP contribution in [0.4, 0.5) is 5.69 Å². The SMILES string of the molecule is CCNC(=O)c1ccc(C)c(NC(=O)CN2C(=O)C3CCCCC3C2=O)c1. The van der Waals surface area contributed by atoms with E-state index in [4.69, 9.17) is 0 Å². The largest absolute Gasteiger partial charge is 0.352 e. The minimum Gasteiger partial charge on any atom is -0.352 e. The number of anilines is 1. The number of rotatable bonds is 5. The van der Waals surface area contributed by atoms with Crippen LogP contribution in [-0.4, -0.2) is 41.6 Å². The molecule has 1 saturated carbocycles. The van der Waals surface area contributed by atoms with E-state index < -0.39 is 5.91 Å². The number of amides is 4. The van der Waals surface area contributed by atoms with Gasteiger partial charge in [0.2, 0.25) is 17.7 Å². The molecule has 2 N–H and O–H groups in total. The first-order valence-corrected chi connectivity index (χ1v) is 9.46. The van der Waals surface area contributed by atoms with Crippen molar-refractivity contribution in [3.05, 3.63) is 29.3 Å². The quantitative estimate of drug-likeness (QED) is 0.772. The molecule has 2 fully saturated rings. The van der Waals surface area contributed by atoms with Crippen LogP contribution in [0.1, 0.15) is 48.5 Å². The maximum absolute atomic E-state index is 12.5. The van der Waals surface area contributed by atoms with Crippen molar-refractivity contribution in [2.75, 3.05) is 18.4 Å². The van der Waals surface area contributed by atoms with Crippen LogP contribution >= 0.6 is 0 Å². The predicted octanol–water partition coefficient (Wildman–Crippen LogP) is 1.86. The molecule has 4 amide bonds. The van der Waals surface area contributed by atoms with Gasteiger partial charge in [0.1, 0.15) is 6.54 Å². The van der Waals surface area contributed by atoms with Gasteiger partial charge in [-0.3, -0.25) is 24.1 Å². The second-order valence-corrected chi connectivity index (χ2v) is 7.20. The fourth-order valence-electron chi connectivity index (χ4n) is 3.88. The zero-order valence-corrected chi connectivity index (χ0v) is 15.7. The van der Waals surface area contributed by atoms with Crippen LogP contribution in [0.3, 0.4) is 0 Å². The molecule has 1 saturated heterocycles. The summed E-state index contributed by atoms with van der Waals surface area (Å²) in [4.78, 5) is 50.5. The zero-order chi connectivity index (χ0) is 19.6. The molecular formula is C20H25N3O4. The first-order valence-electron chi connectivity index (χ1n) is 9.46. The number of aryl methyl sites for hydroxylation is 1. The Bertz CT molecular complexity index is 765. The third-order valence-corrected chi connectivity index (χ3v) is 5.35.